The van der Waals surface area contributed by atoms with Crippen LogP contribution >= 0.6 is 0 Å². The second-order valence-electron chi connectivity index (χ2n) is 6.52. The first-order valence-electron chi connectivity index (χ1n) is 8.55. The summed E-state index contributed by atoms with van der Waals surface area (Å²) in [5.74, 6) is -0.266. The Bertz CT molecular complexity index is 318. The van der Waals surface area contributed by atoms with Crippen molar-refractivity contribution in [3.63, 3.8) is 0 Å². The van der Waals surface area contributed by atoms with Crippen LogP contribution in [0.5, 0.6) is 0 Å². The highest BCUT2D eigenvalue weighted by Gasteiger charge is 2.48. The lowest BCUT2D eigenvalue weighted by Crippen LogP contribution is -2.58. The molecule has 1 N–H and O–H groups in total. The van der Waals surface area contributed by atoms with Crippen molar-refractivity contribution in [2.45, 2.75) is 76.3 Å². The van der Waals surface area contributed by atoms with Crippen LogP contribution in [0.2, 0.25) is 0 Å². The molecule has 3 rings (SSSR count). The minimum atomic E-state index is -0.266. The van der Waals surface area contributed by atoms with E-state index in [1.807, 2.05) is 0 Å². The largest absolute Gasteiger partial charge is 0.347 e. The molecule has 3 fully saturated rings. The zero-order valence-electron chi connectivity index (χ0n) is 13.1. The summed E-state index contributed by atoms with van der Waals surface area (Å²) in [4.78, 5) is 2.75. The van der Waals surface area contributed by atoms with Crippen LogP contribution in [-0.2, 0) is 9.47 Å². The molecule has 4 nitrogen and oxygen atoms in total. The molecular weight excluding hydrogens is 252 g/mol. The van der Waals surface area contributed by atoms with Crippen molar-refractivity contribution >= 4 is 0 Å². The van der Waals surface area contributed by atoms with Crippen LogP contribution in [0.1, 0.15) is 52.4 Å². The summed E-state index contributed by atoms with van der Waals surface area (Å²) in [5.41, 5.74) is 0. The molecule has 2 aliphatic heterocycles. The van der Waals surface area contributed by atoms with Gasteiger partial charge in [-0.2, -0.15) is 0 Å². The number of rotatable bonds is 4. The minimum Gasteiger partial charge on any atom is -0.347 e. The molecule has 1 aliphatic carbocycles. The number of likely N-dealkylation sites (tertiary alicyclic amines) is 1. The quantitative estimate of drug-likeness (QED) is 0.856. The van der Waals surface area contributed by atoms with Gasteiger partial charge < -0.3 is 14.8 Å². The lowest BCUT2D eigenvalue weighted by molar-refractivity contribution is -0.194. The van der Waals surface area contributed by atoms with Gasteiger partial charge in [0, 0.05) is 31.0 Å². The maximum atomic E-state index is 5.99. The van der Waals surface area contributed by atoms with E-state index < -0.39 is 0 Å². The average Bonchev–Trinajstić information content (AvgIpc) is 3.10. The van der Waals surface area contributed by atoms with Crippen molar-refractivity contribution in [2.24, 2.45) is 0 Å². The van der Waals surface area contributed by atoms with Gasteiger partial charge in [-0.3, -0.25) is 4.90 Å². The molecule has 0 aromatic heterocycles. The van der Waals surface area contributed by atoms with Crippen LogP contribution in [0.4, 0.5) is 0 Å². The van der Waals surface area contributed by atoms with Gasteiger partial charge in [-0.15, -0.1) is 0 Å². The molecule has 3 unspecified atom stereocenters. The molecule has 0 aromatic carbocycles. The van der Waals surface area contributed by atoms with Gasteiger partial charge >= 0.3 is 0 Å². The van der Waals surface area contributed by atoms with Crippen LogP contribution < -0.4 is 5.32 Å². The Balaban J connectivity index is 1.74. The predicted octanol–water partition coefficient (Wildman–Crippen LogP) is 2.13. The lowest BCUT2D eigenvalue weighted by Gasteiger charge is -2.46. The number of hydrogen-bond donors (Lipinski definition) is 1. The van der Waals surface area contributed by atoms with E-state index in [1.165, 1.54) is 32.2 Å². The number of ether oxygens (including phenoxy) is 2. The van der Waals surface area contributed by atoms with E-state index >= 15 is 0 Å². The molecule has 0 aromatic rings. The fourth-order valence-corrected chi connectivity index (χ4v) is 4.47. The van der Waals surface area contributed by atoms with Gasteiger partial charge in [0.2, 0.25) is 0 Å². The Labute approximate surface area is 123 Å². The van der Waals surface area contributed by atoms with Gasteiger partial charge in [-0.1, -0.05) is 13.8 Å². The molecule has 0 radical (unpaired) electrons. The number of nitrogens with one attached hydrogen (secondary N) is 1. The van der Waals surface area contributed by atoms with E-state index in [1.54, 1.807) is 0 Å². The highest BCUT2D eigenvalue weighted by atomic mass is 16.7. The first-order chi connectivity index (χ1) is 9.78. The summed E-state index contributed by atoms with van der Waals surface area (Å²) >= 11 is 0. The second kappa shape index (κ2) is 6.30. The first kappa shape index (κ1) is 14.8. The molecule has 1 spiro atoms. The fourth-order valence-electron chi connectivity index (χ4n) is 4.47. The maximum absolute atomic E-state index is 5.99. The molecule has 2 heterocycles. The zero-order valence-corrected chi connectivity index (χ0v) is 13.1. The molecule has 3 atom stereocenters. The van der Waals surface area contributed by atoms with Gasteiger partial charge in [0.25, 0.3) is 0 Å². The van der Waals surface area contributed by atoms with Gasteiger partial charge in [0.1, 0.15) is 0 Å². The molecule has 116 valence electrons. The van der Waals surface area contributed by atoms with Crippen molar-refractivity contribution in [3.05, 3.63) is 0 Å². The first-order valence-corrected chi connectivity index (χ1v) is 8.55. The van der Waals surface area contributed by atoms with Gasteiger partial charge in [0.15, 0.2) is 5.79 Å². The van der Waals surface area contributed by atoms with Crippen LogP contribution in [0, 0.1) is 0 Å². The van der Waals surface area contributed by atoms with Crippen LogP contribution in [0.25, 0.3) is 0 Å². The third-order valence-corrected chi connectivity index (χ3v) is 5.42. The second-order valence-corrected chi connectivity index (χ2v) is 6.52. The Hall–Kier alpha value is -0.160. The number of hydrogen-bond acceptors (Lipinski definition) is 4. The number of likely N-dealkylation sites (N-methyl/N-ethyl adjacent to an activating group) is 1. The lowest BCUT2D eigenvalue weighted by atomic mass is 9.84. The van der Waals surface area contributed by atoms with Gasteiger partial charge in [-0.25, -0.2) is 0 Å². The molecule has 4 heteroatoms. The van der Waals surface area contributed by atoms with E-state index in [2.05, 4.69) is 24.1 Å². The average molecular weight is 282 g/mol. The topological polar surface area (TPSA) is 33.7 Å². The zero-order chi connectivity index (χ0) is 14.0. The van der Waals surface area contributed by atoms with Crippen molar-refractivity contribution in [3.8, 4) is 0 Å². The van der Waals surface area contributed by atoms with E-state index in [0.717, 1.165) is 38.6 Å². The molecule has 3 aliphatic rings. The maximum Gasteiger partial charge on any atom is 0.170 e. The Morgan fingerprint density at radius 3 is 2.70 bits per heavy atom. The summed E-state index contributed by atoms with van der Waals surface area (Å²) in [7, 11) is 0. The van der Waals surface area contributed by atoms with E-state index in [0.29, 0.717) is 12.1 Å². The van der Waals surface area contributed by atoms with Crippen molar-refractivity contribution in [1.82, 2.24) is 10.2 Å². The molecular formula is C16H30N2O2. The molecule has 0 amide bonds. The van der Waals surface area contributed by atoms with Crippen LogP contribution in [-0.4, -0.2) is 55.1 Å². The minimum absolute atomic E-state index is 0.266. The predicted molar refractivity (Wildman–Crippen MR) is 79.8 cm³/mol. The molecule has 1 saturated carbocycles. The van der Waals surface area contributed by atoms with Gasteiger partial charge in [0.05, 0.1) is 13.2 Å². The highest BCUT2D eigenvalue weighted by Crippen LogP contribution is 2.40. The summed E-state index contributed by atoms with van der Waals surface area (Å²) < 4.78 is 12.0. The monoisotopic (exact) mass is 282 g/mol. The van der Waals surface area contributed by atoms with E-state index in [9.17, 15) is 0 Å². The summed E-state index contributed by atoms with van der Waals surface area (Å²) in [6, 6.07) is 1.94. The Morgan fingerprint density at radius 1 is 1.20 bits per heavy atom. The van der Waals surface area contributed by atoms with Crippen molar-refractivity contribution in [2.75, 3.05) is 26.3 Å². The van der Waals surface area contributed by atoms with Gasteiger partial charge in [-0.05, 0) is 38.8 Å². The highest BCUT2D eigenvalue weighted by molar-refractivity contribution is 4.99. The van der Waals surface area contributed by atoms with Crippen molar-refractivity contribution in [1.29, 1.82) is 0 Å². The third kappa shape index (κ3) is 2.76. The summed E-state index contributed by atoms with van der Waals surface area (Å²) in [6.07, 6.45) is 7.24. The fraction of sp³-hybridized carbons (Fsp3) is 1.00. The van der Waals surface area contributed by atoms with E-state index in [-0.39, 0.29) is 5.79 Å². The molecule has 0 bridgehead atoms. The summed E-state index contributed by atoms with van der Waals surface area (Å²) in [6.45, 7) is 8.39. The molecule has 20 heavy (non-hydrogen) atoms. The van der Waals surface area contributed by atoms with Crippen LogP contribution in [0.15, 0.2) is 0 Å². The third-order valence-electron chi connectivity index (χ3n) is 5.42. The number of nitrogens with zero attached hydrogens (tertiary/aromatic N) is 1. The standard InChI is InChI=1S/C16H30N2O2/c1-3-13-6-5-9-18(13)15-12-16(19-10-11-20-16)8-7-14(15)17-4-2/h13-15,17H,3-12H2,1-2H3. The Kier molecular flexibility index (Phi) is 4.65. The normalized spacial score (nSPS) is 37.8. The molecule has 2 saturated heterocycles. The van der Waals surface area contributed by atoms with Crippen LogP contribution in [0.3, 0.4) is 0 Å². The summed E-state index contributed by atoms with van der Waals surface area (Å²) in [5, 5.41) is 3.71. The van der Waals surface area contributed by atoms with Crippen molar-refractivity contribution < 1.29 is 9.47 Å². The Morgan fingerprint density at radius 2 is 2.00 bits per heavy atom. The smallest absolute Gasteiger partial charge is 0.170 e. The SMILES string of the molecule is CCNC1CCC2(CC1N1CCCC1CC)OCCO2. The van der Waals surface area contributed by atoms with E-state index in [4.69, 9.17) is 9.47 Å².